The summed E-state index contributed by atoms with van der Waals surface area (Å²) in [6, 6.07) is 6.34. The quantitative estimate of drug-likeness (QED) is 0.542. The van der Waals surface area contributed by atoms with Gasteiger partial charge >= 0.3 is 6.09 Å². The van der Waals surface area contributed by atoms with Crippen molar-refractivity contribution in [2.24, 2.45) is 4.40 Å². The third-order valence-electron chi connectivity index (χ3n) is 5.25. The molecule has 176 valence electrons. The van der Waals surface area contributed by atoms with Gasteiger partial charge in [0.1, 0.15) is 17.5 Å². The largest absolute Gasteiger partial charge is 0.444 e. The summed E-state index contributed by atoms with van der Waals surface area (Å²) in [5.41, 5.74) is 0.610. The predicted octanol–water partition coefficient (Wildman–Crippen LogP) is 2.83. The van der Waals surface area contributed by atoms with Gasteiger partial charge in [-0.2, -0.15) is 0 Å². The molecule has 2 fully saturated rings. The first-order valence-corrected chi connectivity index (χ1v) is 12.7. The van der Waals surface area contributed by atoms with Crippen LogP contribution in [0.5, 0.6) is 0 Å². The van der Waals surface area contributed by atoms with E-state index in [-0.39, 0.29) is 5.91 Å². The van der Waals surface area contributed by atoms with Crippen molar-refractivity contribution in [3.05, 3.63) is 29.8 Å². The van der Waals surface area contributed by atoms with E-state index in [0.717, 1.165) is 38.6 Å². The molecular formula is C22H32N4O5S. The number of hydrogen-bond donors (Lipinski definition) is 1. The SMILES string of the molecule is CC(C)(C)OC(=O)N1CCC[C@@H]1C(=O)Nc1ccc(/C(=N/S(C)(=O)=O)N2CCCC2)cc1. The topological polar surface area (TPSA) is 108 Å². The molecule has 0 bridgehead atoms. The molecule has 0 saturated carbocycles. The first kappa shape index (κ1) is 24.0. The summed E-state index contributed by atoms with van der Waals surface area (Å²) in [6.07, 6.45) is 3.88. The van der Waals surface area contributed by atoms with Gasteiger partial charge in [0.25, 0.3) is 10.0 Å². The van der Waals surface area contributed by atoms with Crippen LogP contribution < -0.4 is 5.32 Å². The maximum atomic E-state index is 12.8. The Kier molecular flexibility index (Phi) is 7.12. The third-order valence-corrected chi connectivity index (χ3v) is 5.76. The van der Waals surface area contributed by atoms with Crippen molar-refractivity contribution in [2.45, 2.75) is 58.1 Å². The summed E-state index contributed by atoms with van der Waals surface area (Å²) in [4.78, 5) is 28.7. The standard InChI is InChI=1S/C22H32N4O5S/c1-22(2,3)31-21(28)26-15-7-8-18(26)20(27)23-17-11-9-16(10-12-17)19(24-32(4,29)30)25-13-5-6-14-25/h9-12,18H,5-8,13-15H2,1-4H3,(H,23,27)/b24-19-/t18-/m1/s1. The predicted molar refractivity (Wildman–Crippen MR) is 123 cm³/mol. The summed E-state index contributed by atoms with van der Waals surface area (Å²) >= 11 is 0. The number of benzene rings is 1. The van der Waals surface area contributed by atoms with Crippen LogP contribution in [0.1, 0.15) is 52.0 Å². The van der Waals surface area contributed by atoms with Crippen molar-refractivity contribution in [1.29, 1.82) is 0 Å². The van der Waals surface area contributed by atoms with Crippen LogP contribution in [-0.2, 0) is 19.6 Å². The van der Waals surface area contributed by atoms with E-state index in [4.69, 9.17) is 4.74 Å². The fraction of sp³-hybridized carbons (Fsp3) is 0.591. The Morgan fingerprint density at radius 1 is 1.06 bits per heavy atom. The van der Waals surface area contributed by atoms with E-state index in [0.29, 0.717) is 30.1 Å². The molecule has 2 amide bonds. The molecule has 1 aromatic carbocycles. The van der Waals surface area contributed by atoms with Crippen LogP contribution >= 0.6 is 0 Å². The second-order valence-corrected chi connectivity index (χ2v) is 10.9. The van der Waals surface area contributed by atoms with E-state index in [2.05, 4.69) is 9.71 Å². The van der Waals surface area contributed by atoms with Gasteiger partial charge in [-0.15, -0.1) is 4.40 Å². The molecule has 0 radical (unpaired) electrons. The second kappa shape index (κ2) is 9.48. The molecule has 3 rings (SSSR count). The van der Waals surface area contributed by atoms with Gasteiger partial charge in [0.05, 0.1) is 6.26 Å². The van der Waals surface area contributed by atoms with Crippen molar-refractivity contribution in [3.63, 3.8) is 0 Å². The van der Waals surface area contributed by atoms with Gasteiger partial charge < -0.3 is 15.0 Å². The summed E-state index contributed by atoms with van der Waals surface area (Å²) in [5.74, 6) is 0.153. The van der Waals surface area contributed by atoms with E-state index in [1.54, 1.807) is 45.0 Å². The highest BCUT2D eigenvalue weighted by atomic mass is 32.2. The zero-order valence-corrected chi connectivity index (χ0v) is 19.9. The number of likely N-dealkylation sites (tertiary alicyclic amines) is 2. The van der Waals surface area contributed by atoms with E-state index in [1.807, 2.05) is 4.90 Å². The third kappa shape index (κ3) is 6.44. The summed E-state index contributed by atoms with van der Waals surface area (Å²) in [5, 5.41) is 2.86. The smallest absolute Gasteiger partial charge is 0.410 e. The Hall–Kier alpha value is -2.62. The molecule has 2 aliphatic rings. The molecule has 0 unspecified atom stereocenters. The van der Waals surface area contributed by atoms with Crippen LogP contribution in [0, 0.1) is 0 Å². The van der Waals surface area contributed by atoms with E-state index in [9.17, 15) is 18.0 Å². The zero-order chi connectivity index (χ0) is 23.5. The van der Waals surface area contributed by atoms with Gasteiger partial charge in [-0.3, -0.25) is 9.69 Å². The van der Waals surface area contributed by atoms with Gasteiger partial charge in [-0.05, 0) is 70.7 Å². The van der Waals surface area contributed by atoms with Gasteiger partial charge in [-0.25, -0.2) is 13.2 Å². The molecule has 1 N–H and O–H groups in total. The Labute approximate surface area is 189 Å². The maximum absolute atomic E-state index is 12.8. The number of amides is 2. The van der Waals surface area contributed by atoms with Crippen LogP contribution in [0.15, 0.2) is 28.7 Å². The normalized spacial score (nSPS) is 19.9. The molecule has 0 aliphatic carbocycles. The molecule has 9 nitrogen and oxygen atoms in total. The van der Waals surface area contributed by atoms with Crippen molar-refractivity contribution in [1.82, 2.24) is 9.80 Å². The summed E-state index contributed by atoms with van der Waals surface area (Å²) < 4.78 is 32.9. The number of anilines is 1. The molecule has 0 spiro atoms. The number of hydrogen-bond acceptors (Lipinski definition) is 5. The zero-order valence-electron chi connectivity index (χ0n) is 19.1. The fourth-order valence-electron chi connectivity index (χ4n) is 3.89. The lowest BCUT2D eigenvalue weighted by molar-refractivity contribution is -0.120. The molecule has 2 heterocycles. The number of nitrogens with zero attached hydrogens (tertiary/aromatic N) is 3. The lowest BCUT2D eigenvalue weighted by Crippen LogP contribution is -2.45. The highest BCUT2D eigenvalue weighted by Crippen LogP contribution is 2.23. The van der Waals surface area contributed by atoms with Crippen molar-refractivity contribution in [2.75, 3.05) is 31.2 Å². The first-order chi connectivity index (χ1) is 14.9. The molecule has 32 heavy (non-hydrogen) atoms. The molecule has 2 aliphatic heterocycles. The van der Waals surface area contributed by atoms with Crippen LogP contribution in [-0.4, -0.2) is 73.6 Å². The number of ether oxygens (including phenoxy) is 1. The minimum Gasteiger partial charge on any atom is -0.444 e. The average molecular weight is 465 g/mol. The minimum atomic E-state index is -3.55. The molecule has 1 aromatic rings. The molecule has 10 heteroatoms. The monoisotopic (exact) mass is 464 g/mol. The van der Waals surface area contributed by atoms with Crippen molar-refractivity contribution in [3.8, 4) is 0 Å². The van der Waals surface area contributed by atoms with Crippen LogP contribution in [0.25, 0.3) is 0 Å². The van der Waals surface area contributed by atoms with E-state index >= 15 is 0 Å². The second-order valence-electron chi connectivity index (χ2n) is 9.24. The highest BCUT2D eigenvalue weighted by molar-refractivity contribution is 7.89. The summed E-state index contributed by atoms with van der Waals surface area (Å²) in [6.45, 7) is 7.38. The van der Waals surface area contributed by atoms with Crippen LogP contribution in [0.3, 0.4) is 0 Å². The molecule has 2 saturated heterocycles. The Bertz CT molecular complexity index is 977. The highest BCUT2D eigenvalue weighted by Gasteiger charge is 2.36. The first-order valence-electron chi connectivity index (χ1n) is 10.9. The van der Waals surface area contributed by atoms with Crippen molar-refractivity contribution < 1.29 is 22.7 Å². The average Bonchev–Trinajstić information content (AvgIpc) is 3.37. The van der Waals surface area contributed by atoms with Gasteiger partial charge in [-0.1, -0.05) is 0 Å². The summed E-state index contributed by atoms with van der Waals surface area (Å²) in [7, 11) is -3.55. The number of amidine groups is 1. The number of nitrogens with one attached hydrogen (secondary N) is 1. The Morgan fingerprint density at radius 2 is 1.69 bits per heavy atom. The molecule has 1 atom stereocenters. The lowest BCUT2D eigenvalue weighted by Gasteiger charge is -2.28. The Balaban J connectivity index is 1.71. The number of carbonyl (C=O) groups is 2. The van der Waals surface area contributed by atoms with Gasteiger partial charge in [0.15, 0.2) is 0 Å². The number of sulfonamides is 1. The molecule has 0 aromatic heterocycles. The van der Waals surface area contributed by atoms with Crippen LogP contribution in [0.4, 0.5) is 10.5 Å². The van der Waals surface area contributed by atoms with E-state index in [1.165, 1.54) is 4.90 Å². The van der Waals surface area contributed by atoms with E-state index < -0.39 is 27.8 Å². The Morgan fingerprint density at radius 3 is 2.25 bits per heavy atom. The number of carbonyl (C=O) groups excluding carboxylic acids is 2. The van der Waals surface area contributed by atoms with Crippen LogP contribution in [0.2, 0.25) is 0 Å². The minimum absolute atomic E-state index is 0.273. The van der Waals surface area contributed by atoms with Crippen molar-refractivity contribution >= 4 is 33.5 Å². The van der Waals surface area contributed by atoms with Gasteiger partial charge in [0.2, 0.25) is 5.91 Å². The molecular weight excluding hydrogens is 432 g/mol. The van der Waals surface area contributed by atoms with Gasteiger partial charge in [0, 0.05) is 30.9 Å². The maximum Gasteiger partial charge on any atom is 0.410 e. The fourth-order valence-corrected chi connectivity index (χ4v) is 4.42. The number of rotatable bonds is 4. The lowest BCUT2D eigenvalue weighted by atomic mass is 10.1.